The van der Waals surface area contributed by atoms with Crippen LogP contribution >= 0.6 is 0 Å². The molecule has 0 radical (unpaired) electrons. The van der Waals surface area contributed by atoms with Crippen LogP contribution in [0.15, 0.2) is 18.3 Å². The van der Waals surface area contributed by atoms with Gasteiger partial charge in [0.05, 0.1) is 35.6 Å². The molecular formula is C20H27F3N2O4. The van der Waals surface area contributed by atoms with Crippen molar-refractivity contribution in [1.29, 1.82) is 0 Å². The third-order valence-electron chi connectivity index (χ3n) is 5.68. The zero-order valence-electron chi connectivity index (χ0n) is 16.7. The van der Waals surface area contributed by atoms with Crippen molar-refractivity contribution in [3.05, 3.63) is 18.3 Å². The summed E-state index contributed by atoms with van der Waals surface area (Å²) in [6.45, 7) is 2.61. The molecule has 6 nitrogen and oxygen atoms in total. The maximum Gasteiger partial charge on any atom is 0.411 e. The van der Waals surface area contributed by atoms with Crippen LogP contribution in [0.3, 0.4) is 0 Å². The van der Waals surface area contributed by atoms with Gasteiger partial charge in [0.15, 0.2) is 0 Å². The molecule has 29 heavy (non-hydrogen) atoms. The van der Waals surface area contributed by atoms with Gasteiger partial charge >= 0.3 is 6.18 Å². The van der Waals surface area contributed by atoms with Crippen molar-refractivity contribution in [3.63, 3.8) is 0 Å². The SMILES string of the molecule is CC(C)Oc1ccc(N2CCC3(CCC(O)(COCC(F)(F)F)CC3)C2=O)cn1. The molecule has 1 saturated heterocycles. The van der Waals surface area contributed by atoms with Crippen LogP contribution in [0.4, 0.5) is 18.9 Å². The Morgan fingerprint density at radius 2 is 1.90 bits per heavy atom. The first-order valence-corrected chi connectivity index (χ1v) is 9.84. The predicted molar refractivity (Wildman–Crippen MR) is 99.7 cm³/mol. The Labute approximate surface area is 168 Å². The van der Waals surface area contributed by atoms with Crippen molar-refractivity contribution < 1.29 is 32.5 Å². The second kappa shape index (κ2) is 8.10. The highest BCUT2D eigenvalue weighted by atomic mass is 19.4. The number of nitrogens with zero attached hydrogens (tertiary/aromatic N) is 2. The van der Waals surface area contributed by atoms with E-state index in [9.17, 15) is 23.1 Å². The van der Waals surface area contributed by atoms with Crippen LogP contribution in [-0.4, -0.2) is 53.6 Å². The number of aromatic nitrogens is 1. The fourth-order valence-corrected chi connectivity index (χ4v) is 4.07. The molecule has 1 N–H and O–H groups in total. The van der Waals surface area contributed by atoms with Crippen molar-refractivity contribution in [2.45, 2.75) is 63.8 Å². The molecule has 2 heterocycles. The average Bonchev–Trinajstić information content (AvgIpc) is 2.94. The van der Waals surface area contributed by atoms with E-state index in [0.717, 1.165) is 0 Å². The number of pyridine rings is 1. The van der Waals surface area contributed by atoms with Gasteiger partial charge in [-0.3, -0.25) is 4.79 Å². The van der Waals surface area contributed by atoms with E-state index < -0.39 is 23.8 Å². The van der Waals surface area contributed by atoms with Gasteiger partial charge in [0.25, 0.3) is 0 Å². The molecule has 1 aliphatic heterocycles. The minimum Gasteiger partial charge on any atom is -0.475 e. The Kier molecular flexibility index (Phi) is 6.10. The van der Waals surface area contributed by atoms with Gasteiger partial charge in [0.2, 0.25) is 11.8 Å². The van der Waals surface area contributed by atoms with E-state index in [0.29, 0.717) is 37.4 Å². The third-order valence-corrected chi connectivity index (χ3v) is 5.68. The maximum atomic E-state index is 13.1. The number of rotatable bonds is 6. The summed E-state index contributed by atoms with van der Waals surface area (Å²) in [5.41, 5.74) is -1.21. The van der Waals surface area contributed by atoms with Gasteiger partial charge in [-0.15, -0.1) is 0 Å². The number of hydrogen-bond donors (Lipinski definition) is 1. The van der Waals surface area contributed by atoms with E-state index in [1.54, 1.807) is 23.2 Å². The zero-order valence-corrected chi connectivity index (χ0v) is 16.7. The van der Waals surface area contributed by atoms with E-state index >= 15 is 0 Å². The zero-order chi connectivity index (χ0) is 21.3. The van der Waals surface area contributed by atoms with Crippen LogP contribution in [0.1, 0.15) is 46.0 Å². The lowest BCUT2D eigenvalue weighted by molar-refractivity contribution is -0.191. The number of carbonyl (C=O) groups is 1. The van der Waals surface area contributed by atoms with E-state index in [-0.39, 0.29) is 31.5 Å². The summed E-state index contributed by atoms with van der Waals surface area (Å²) >= 11 is 0. The quantitative estimate of drug-likeness (QED) is 0.769. The Morgan fingerprint density at radius 1 is 1.21 bits per heavy atom. The van der Waals surface area contributed by atoms with Gasteiger partial charge in [-0.05, 0) is 52.0 Å². The first-order valence-electron chi connectivity index (χ1n) is 9.84. The molecule has 1 spiro atoms. The highest BCUT2D eigenvalue weighted by Crippen LogP contribution is 2.48. The highest BCUT2D eigenvalue weighted by molar-refractivity contribution is 5.99. The van der Waals surface area contributed by atoms with Crippen LogP contribution in [0.25, 0.3) is 0 Å². The molecule has 1 amide bonds. The second-order valence-electron chi connectivity index (χ2n) is 8.34. The van der Waals surface area contributed by atoms with Crippen molar-refractivity contribution in [2.24, 2.45) is 5.41 Å². The predicted octanol–water partition coefficient (Wildman–Crippen LogP) is 3.48. The first kappa shape index (κ1) is 21.8. The number of halogens is 3. The normalized spacial score (nSPS) is 27.8. The molecule has 0 aromatic carbocycles. The van der Waals surface area contributed by atoms with Crippen molar-refractivity contribution in [2.75, 3.05) is 24.7 Å². The third kappa shape index (κ3) is 5.19. The fourth-order valence-electron chi connectivity index (χ4n) is 4.07. The van der Waals surface area contributed by atoms with E-state index in [1.165, 1.54) is 0 Å². The smallest absolute Gasteiger partial charge is 0.411 e. The highest BCUT2D eigenvalue weighted by Gasteiger charge is 2.51. The molecule has 0 unspecified atom stereocenters. The number of aliphatic hydroxyl groups is 1. The molecule has 1 saturated carbocycles. The number of ether oxygens (including phenoxy) is 2. The molecule has 2 fully saturated rings. The summed E-state index contributed by atoms with van der Waals surface area (Å²) < 4.78 is 46.9. The van der Waals surface area contributed by atoms with Gasteiger partial charge in [0.1, 0.15) is 6.61 Å². The lowest BCUT2D eigenvalue weighted by Gasteiger charge is -2.40. The largest absolute Gasteiger partial charge is 0.475 e. The molecule has 9 heteroatoms. The Hall–Kier alpha value is -1.87. The number of alkyl halides is 3. The molecule has 162 valence electrons. The average molecular weight is 416 g/mol. The van der Waals surface area contributed by atoms with Crippen LogP contribution in [-0.2, 0) is 9.53 Å². The summed E-state index contributed by atoms with van der Waals surface area (Å²) in [5, 5.41) is 10.5. The minimum absolute atomic E-state index is 0.00568. The molecule has 0 bridgehead atoms. The lowest BCUT2D eigenvalue weighted by atomic mass is 9.68. The Morgan fingerprint density at radius 3 is 2.45 bits per heavy atom. The maximum absolute atomic E-state index is 13.1. The van der Waals surface area contributed by atoms with Crippen molar-refractivity contribution >= 4 is 11.6 Å². The van der Waals surface area contributed by atoms with Gasteiger partial charge in [-0.1, -0.05) is 0 Å². The van der Waals surface area contributed by atoms with Gasteiger partial charge < -0.3 is 19.5 Å². The number of carbonyl (C=O) groups excluding carboxylic acids is 1. The molecule has 3 rings (SSSR count). The topological polar surface area (TPSA) is 71.9 Å². The second-order valence-corrected chi connectivity index (χ2v) is 8.34. The summed E-state index contributed by atoms with van der Waals surface area (Å²) in [6, 6.07) is 3.52. The number of hydrogen-bond acceptors (Lipinski definition) is 5. The Bertz CT molecular complexity index is 713. The van der Waals surface area contributed by atoms with Crippen molar-refractivity contribution in [1.82, 2.24) is 4.98 Å². The minimum atomic E-state index is -4.42. The number of amides is 1. The first-order chi connectivity index (χ1) is 13.5. The molecule has 1 aromatic heterocycles. The van der Waals surface area contributed by atoms with Gasteiger partial charge in [-0.2, -0.15) is 13.2 Å². The van der Waals surface area contributed by atoms with Gasteiger partial charge in [-0.25, -0.2) is 4.98 Å². The van der Waals surface area contributed by atoms with Crippen molar-refractivity contribution in [3.8, 4) is 5.88 Å². The summed E-state index contributed by atoms with van der Waals surface area (Å²) in [6.07, 6.45) is -0.821. The monoisotopic (exact) mass is 416 g/mol. The molecule has 0 atom stereocenters. The standard InChI is InChI=1S/C20H27F3N2O4/c1-14(2)29-16-4-3-15(11-24-16)25-10-9-18(17(25)26)5-7-19(27,8-6-18)12-28-13-20(21,22)23/h3-4,11,14,27H,5-10,12-13H2,1-2H3. The van der Waals surface area contributed by atoms with Crippen LogP contribution < -0.4 is 9.64 Å². The van der Waals surface area contributed by atoms with E-state index in [4.69, 9.17) is 4.74 Å². The van der Waals surface area contributed by atoms with E-state index in [2.05, 4.69) is 9.72 Å². The van der Waals surface area contributed by atoms with Crippen LogP contribution in [0, 0.1) is 5.41 Å². The molecular weight excluding hydrogens is 389 g/mol. The number of anilines is 1. The molecule has 2 aliphatic rings. The molecule has 1 aliphatic carbocycles. The van der Waals surface area contributed by atoms with Gasteiger partial charge in [0, 0.05) is 12.6 Å². The Balaban J connectivity index is 1.58. The summed E-state index contributed by atoms with van der Waals surface area (Å²) in [7, 11) is 0. The lowest BCUT2D eigenvalue weighted by Crippen LogP contribution is -2.46. The van der Waals surface area contributed by atoms with Crippen LogP contribution in [0.2, 0.25) is 0 Å². The summed E-state index contributed by atoms with van der Waals surface area (Å²) in [4.78, 5) is 19.0. The molecule has 1 aromatic rings. The van der Waals surface area contributed by atoms with Crippen LogP contribution in [0.5, 0.6) is 5.88 Å². The van der Waals surface area contributed by atoms with E-state index in [1.807, 2.05) is 13.8 Å². The fraction of sp³-hybridized carbons (Fsp3) is 0.700. The summed E-state index contributed by atoms with van der Waals surface area (Å²) in [5.74, 6) is 0.474.